The van der Waals surface area contributed by atoms with Crippen molar-refractivity contribution in [3.05, 3.63) is 30.0 Å². The molecule has 21 heavy (non-hydrogen) atoms. The van der Waals surface area contributed by atoms with Crippen LogP contribution in [-0.2, 0) is 0 Å². The molecule has 0 spiro atoms. The minimum absolute atomic E-state index is 0.149. The van der Waals surface area contributed by atoms with Gasteiger partial charge in [-0.3, -0.25) is 0 Å². The number of halogens is 3. The van der Waals surface area contributed by atoms with Crippen LogP contribution >= 0.6 is 0 Å². The standard InChI is InChI=1S/C16H18F3NO/c17-16(18,19)21-12-7-8-15-13(9-12)14(10-20-15)11-5-3-1-2-4-6-11/h7-11,20H,1-6H2. The zero-order chi connectivity index (χ0) is 14.9. The molecule has 114 valence electrons. The highest BCUT2D eigenvalue weighted by molar-refractivity contribution is 5.85. The Morgan fingerprint density at radius 1 is 1.05 bits per heavy atom. The van der Waals surface area contributed by atoms with Gasteiger partial charge in [0.05, 0.1) is 0 Å². The first-order chi connectivity index (χ1) is 10.0. The zero-order valence-corrected chi connectivity index (χ0v) is 11.7. The molecule has 5 heteroatoms. The minimum Gasteiger partial charge on any atom is -0.406 e. The molecule has 0 amide bonds. The quantitative estimate of drug-likeness (QED) is 0.727. The summed E-state index contributed by atoms with van der Waals surface area (Å²) in [7, 11) is 0. The van der Waals surface area contributed by atoms with Crippen molar-refractivity contribution in [3.8, 4) is 5.75 Å². The Kier molecular flexibility index (Phi) is 3.83. The van der Waals surface area contributed by atoms with E-state index in [0.29, 0.717) is 5.92 Å². The fourth-order valence-electron chi connectivity index (χ4n) is 3.25. The smallest absolute Gasteiger partial charge is 0.406 e. The molecule has 0 saturated heterocycles. The summed E-state index contributed by atoms with van der Waals surface area (Å²) in [5, 5.41) is 0.851. The lowest BCUT2D eigenvalue weighted by molar-refractivity contribution is -0.274. The van der Waals surface area contributed by atoms with E-state index in [9.17, 15) is 13.2 Å². The molecule has 0 radical (unpaired) electrons. The molecule has 1 N–H and O–H groups in total. The van der Waals surface area contributed by atoms with Crippen LogP contribution in [0.1, 0.15) is 50.0 Å². The Balaban J connectivity index is 1.93. The van der Waals surface area contributed by atoms with Crippen molar-refractivity contribution in [2.75, 3.05) is 0 Å². The molecule has 2 aromatic rings. The molecule has 0 atom stereocenters. The predicted molar refractivity (Wildman–Crippen MR) is 75.4 cm³/mol. The van der Waals surface area contributed by atoms with Gasteiger partial charge in [-0.2, -0.15) is 0 Å². The van der Waals surface area contributed by atoms with Gasteiger partial charge in [-0.05, 0) is 42.5 Å². The second-order valence-corrected chi connectivity index (χ2v) is 5.69. The summed E-state index contributed by atoms with van der Waals surface area (Å²) in [6.07, 6.45) is 4.40. The van der Waals surface area contributed by atoms with Crippen LogP contribution in [-0.4, -0.2) is 11.3 Å². The van der Waals surface area contributed by atoms with E-state index in [1.807, 2.05) is 6.20 Å². The highest BCUT2D eigenvalue weighted by Crippen LogP contribution is 2.37. The van der Waals surface area contributed by atoms with Crippen LogP contribution in [0.15, 0.2) is 24.4 Å². The Labute approximate surface area is 121 Å². The van der Waals surface area contributed by atoms with Gasteiger partial charge >= 0.3 is 6.36 Å². The molecule has 1 aromatic carbocycles. The number of rotatable bonds is 2. The van der Waals surface area contributed by atoms with Gasteiger partial charge < -0.3 is 9.72 Å². The second kappa shape index (κ2) is 5.62. The summed E-state index contributed by atoms with van der Waals surface area (Å²) in [5.41, 5.74) is 1.99. The molecule has 0 aliphatic heterocycles. The molecule has 0 bridgehead atoms. The van der Waals surface area contributed by atoms with Crippen LogP contribution in [0.5, 0.6) is 5.75 Å². The number of H-pyrrole nitrogens is 1. The Morgan fingerprint density at radius 3 is 2.43 bits per heavy atom. The maximum absolute atomic E-state index is 12.3. The highest BCUT2D eigenvalue weighted by Gasteiger charge is 2.31. The van der Waals surface area contributed by atoms with Crippen molar-refractivity contribution in [3.63, 3.8) is 0 Å². The number of hydrogen-bond donors (Lipinski definition) is 1. The van der Waals surface area contributed by atoms with Gasteiger partial charge in [-0.25, -0.2) is 0 Å². The van der Waals surface area contributed by atoms with Crippen LogP contribution in [0.4, 0.5) is 13.2 Å². The molecule has 1 saturated carbocycles. The monoisotopic (exact) mass is 297 g/mol. The minimum atomic E-state index is -4.65. The molecule has 0 unspecified atom stereocenters. The van der Waals surface area contributed by atoms with Crippen molar-refractivity contribution in [1.29, 1.82) is 0 Å². The van der Waals surface area contributed by atoms with Crippen molar-refractivity contribution >= 4 is 10.9 Å². The fraction of sp³-hybridized carbons (Fsp3) is 0.500. The number of ether oxygens (including phenoxy) is 1. The van der Waals surface area contributed by atoms with Crippen LogP contribution < -0.4 is 4.74 Å². The Morgan fingerprint density at radius 2 is 1.76 bits per heavy atom. The summed E-state index contributed by atoms with van der Waals surface area (Å²) in [6, 6.07) is 4.50. The van der Waals surface area contributed by atoms with E-state index >= 15 is 0 Å². The first-order valence-corrected chi connectivity index (χ1v) is 7.40. The van der Waals surface area contributed by atoms with Crippen LogP contribution in [0.2, 0.25) is 0 Å². The van der Waals surface area contributed by atoms with E-state index in [1.54, 1.807) is 6.07 Å². The van der Waals surface area contributed by atoms with Gasteiger partial charge in [0.1, 0.15) is 5.75 Å². The predicted octanol–water partition coefficient (Wildman–Crippen LogP) is 5.50. The lowest BCUT2D eigenvalue weighted by atomic mass is 9.91. The van der Waals surface area contributed by atoms with E-state index in [0.717, 1.165) is 29.3 Å². The Bertz CT molecular complexity index is 609. The second-order valence-electron chi connectivity index (χ2n) is 5.69. The number of alkyl halides is 3. The SMILES string of the molecule is FC(F)(F)Oc1ccc2[nH]cc(C3CCCCCC3)c2c1. The third kappa shape index (κ3) is 3.34. The Hall–Kier alpha value is -1.65. The summed E-state index contributed by atoms with van der Waals surface area (Å²) < 4.78 is 41.1. The number of hydrogen-bond acceptors (Lipinski definition) is 1. The third-order valence-corrected chi connectivity index (χ3v) is 4.21. The zero-order valence-electron chi connectivity index (χ0n) is 11.7. The summed E-state index contributed by atoms with van der Waals surface area (Å²) in [5.74, 6) is 0.284. The van der Waals surface area contributed by atoms with Crippen LogP contribution in [0, 0.1) is 0 Å². The molecule has 1 heterocycles. The summed E-state index contributed by atoms with van der Waals surface area (Å²) in [6.45, 7) is 0. The van der Waals surface area contributed by atoms with Gasteiger partial charge in [0.15, 0.2) is 0 Å². The molecule has 1 fully saturated rings. The highest BCUT2D eigenvalue weighted by atomic mass is 19.4. The van der Waals surface area contributed by atoms with Crippen LogP contribution in [0.25, 0.3) is 10.9 Å². The number of benzene rings is 1. The number of aromatic nitrogens is 1. The maximum atomic E-state index is 12.3. The van der Waals surface area contributed by atoms with Crippen LogP contribution in [0.3, 0.4) is 0 Å². The van der Waals surface area contributed by atoms with E-state index in [-0.39, 0.29) is 5.75 Å². The number of nitrogens with one attached hydrogen (secondary N) is 1. The van der Waals surface area contributed by atoms with E-state index < -0.39 is 6.36 Å². The molecule has 1 aliphatic rings. The average molecular weight is 297 g/mol. The molecule has 3 rings (SSSR count). The van der Waals surface area contributed by atoms with E-state index in [1.165, 1.54) is 37.8 Å². The number of aromatic amines is 1. The average Bonchev–Trinajstić information content (AvgIpc) is 2.64. The molecule has 1 aromatic heterocycles. The van der Waals surface area contributed by atoms with Gasteiger partial charge in [0.25, 0.3) is 0 Å². The molecular weight excluding hydrogens is 279 g/mol. The normalized spacial score (nSPS) is 17.9. The van der Waals surface area contributed by atoms with Crippen molar-refractivity contribution < 1.29 is 17.9 Å². The largest absolute Gasteiger partial charge is 0.573 e. The molecule has 1 aliphatic carbocycles. The van der Waals surface area contributed by atoms with Gasteiger partial charge in [0, 0.05) is 17.1 Å². The topological polar surface area (TPSA) is 25.0 Å². The van der Waals surface area contributed by atoms with E-state index in [2.05, 4.69) is 9.72 Å². The van der Waals surface area contributed by atoms with Gasteiger partial charge in [-0.1, -0.05) is 25.7 Å². The number of fused-ring (bicyclic) bond motifs is 1. The first-order valence-electron chi connectivity index (χ1n) is 7.40. The maximum Gasteiger partial charge on any atom is 0.573 e. The lowest BCUT2D eigenvalue weighted by Crippen LogP contribution is -2.17. The third-order valence-electron chi connectivity index (χ3n) is 4.21. The van der Waals surface area contributed by atoms with E-state index in [4.69, 9.17) is 0 Å². The van der Waals surface area contributed by atoms with Crippen molar-refractivity contribution in [1.82, 2.24) is 4.98 Å². The lowest BCUT2D eigenvalue weighted by Gasteiger charge is -2.14. The van der Waals surface area contributed by atoms with Crippen molar-refractivity contribution in [2.45, 2.75) is 50.8 Å². The summed E-state index contributed by atoms with van der Waals surface area (Å²) in [4.78, 5) is 3.16. The molecular formula is C16H18F3NO. The van der Waals surface area contributed by atoms with Crippen molar-refractivity contribution in [2.24, 2.45) is 0 Å². The van der Waals surface area contributed by atoms with Gasteiger partial charge in [-0.15, -0.1) is 13.2 Å². The first kappa shape index (κ1) is 14.3. The summed E-state index contributed by atoms with van der Waals surface area (Å²) >= 11 is 0. The van der Waals surface area contributed by atoms with Gasteiger partial charge in [0.2, 0.25) is 0 Å². The molecule has 2 nitrogen and oxygen atoms in total. The fourth-order valence-corrected chi connectivity index (χ4v) is 3.25.